The van der Waals surface area contributed by atoms with Gasteiger partial charge in [0.25, 0.3) is 0 Å². The molecule has 2 fully saturated rings. The second-order valence-corrected chi connectivity index (χ2v) is 7.61. The molecule has 4 heterocycles. The number of likely N-dealkylation sites (tertiary alicyclic amines) is 1. The van der Waals surface area contributed by atoms with Gasteiger partial charge in [-0.2, -0.15) is 5.10 Å². The average Bonchev–Trinajstić information content (AvgIpc) is 3.38. The lowest BCUT2D eigenvalue weighted by Crippen LogP contribution is -2.45. The number of aromatic nitrogens is 2. The summed E-state index contributed by atoms with van der Waals surface area (Å²) in [6, 6.07) is 2.05. The van der Waals surface area contributed by atoms with Crippen LogP contribution < -0.4 is 0 Å². The van der Waals surface area contributed by atoms with Gasteiger partial charge in [-0.1, -0.05) is 26.0 Å². The molecule has 1 N–H and O–H groups in total. The van der Waals surface area contributed by atoms with Crippen LogP contribution in [0.2, 0.25) is 0 Å². The molecule has 3 aliphatic heterocycles. The second-order valence-electron chi connectivity index (χ2n) is 7.61. The molecule has 2 unspecified atom stereocenters. The van der Waals surface area contributed by atoms with Gasteiger partial charge in [0.15, 0.2) is 0 Å². The number of nitrogens with zero attached hydrogens (tertiary/aromatic N) is 3. The standard InChI is InChI=1S/C19H26N4O3/c1-4-13(5-2)23-11-19-8-6-14(26-19)15(16(19)18(23)25)17(24)22(3)10-12-7-9-20-21-12/h6-9,13-16H,4-5,10-11H2,1-3H3,(H,20,21)/t14-,15?,16?,19-/m1/s1. The molecule has 0 saturated carbocycles. The lowest BCUT2D eigenvalue weighted by molar-refractivity contribution is -0.143. The normalized spacial score (nSPS) is 31.9. The zero-order valence-corrected chi connectivity index (χ0v) is 15.5. The molecular weight excluding hydrogens is 332 g/mol. The average molecular weight is 358 g/mol. The molecule has 7 nitrogen and oxygen atoms in total. The smallest absolute Gasteiger partial charge is 0.230 e. The fourth-order valence-electron chi connectivity index (χ4n) is 4.81. The van der Waals surface area contributed by atoms with E-state index in [2.05, 4.69) is 24.0 Å². The summed E-state index contributed by atoms with van der Waals surface area (Å²) in [5.41, 5.74) is 0.242. The van der Waals surface area contributed by atoms with Gasteiger partial charge < -0.3 is 14.5 Å². The molecule has 2 amide bonds. The lowest BCUT2D eigenvalue weighted by atomic mass is 9.76. The van der Waals surface area contributed by atoms with Crippen molar-refractivity contribution < 1.29 is 14.3 Å². The maximum atomic E-state index is 13.2. The van der Waals surface area contributed by atoms with E-state index in [0.717, 1.165) is 18.5 Å². The highest BCUT2D eigenvalue weighted by molar-refractivity contribution is 5.93. The highest BCUT2D eigenvalue weighted by Gasteiger charge is 2.67. The van der Waals surface area contributed by atoms with Crippen molar-refractivity contribution in [2.24, 2.45) is 11.8 Å². The van der Waals surface area contributed by atoms with E-state index in [9.17, 15) is 9.59 Å². The highest BCUT2D eigenvalue weighted by Crippen LogP contribution is 2.52. The van der Waals surface area contributed by atoms with E-state index in [1.54, 1.807) is 18.1 Å². The number of fused-ring (bicyclic) bond motifs is 1. The maximum absolute atomic E-state index is 13.2. The predicted octanol–water partition coefficient (Wildman–Crippen LogP) is 1.34. The first kappa shape index (κ1) is 17.3. The van der Waals surface area contributed by atoms with Gasteiger partial charge in [-0.15, -0.1) is 0 Å². The topological polar surface area (TPSA) is 78.5 Å². The quantitative estimate of drug-likeness (QED) is 0.779. The summed E-state index contributed by atoms with van der Waals surface area (Å²) in [6.45, 7) is 5.20. The van der Waals surface area contributed by atoms with E-state index in [0.29, 0.717) is 13.1 Å². The van der Waals surface area contributed by atoms with Gasteiger partial charge in [0.1, 0.15) is 5.60 Å². The van der Waals surface area contributed by atoms with Gasteiger partial charge >= 0.3 is 0 Å². The van der Waals surface area contributed by atoms with Crippen LogP contribution in [0.25, 0.3) is 0 Å². The molecule has 4 rings (SSSR count). The van der Waals surface area contributed by atoms with Crippen molar-refractivity contribution in [1.29, 1.82) is 0 Å². The van der Waals surface area contributed by atoms with Crippen LogP contribution in [0.4, 0.5) is 0 Å². The molecule has 2 bridgehead atoms. The van der Waals surface area contributed by atoms with Crippen molar-refractivity contribution in [2.75, 3.05) is 13.6 Å². The number of ether oxygens (including phenoxy) is 1. The molecule has 1 aromatic heterocycles. The summed E-state index contributed by atoms with van der Waals surface area (Å²) >= 11 is 0. The predicted molar refractivity (Wildman–Crippen MR) is 94.9 cm³/mol. The van der Waals surface area contributed by atoms with E-state index >= 15 is 0 Å². The van der Waals surface area contributed by atoms with E-state index in [-0.39, 0.29) is 24.0 Å². The monoisotopic (exact) mass is 358 g/mol. The summed E-state index contributed by atoms with van der Waals surface area (Å²) in [5, 5.41) is 6.80. The minimum Gasteiger partial charge on any atom is -0.360 e. The van der Waals surface area contributed by atoms with Crippen LogP contribution in [0.5, 0.6) is 0 Å². The van der Waals surface area contributed by atoms with Crippen LogP contribution in [0.15, 0.2) is 24.4 Å². The molecule has 0 radical (unpaired) electrons. The fourth-order valence-corrected chi connectivity index (χ4v) is 4.81. The molecule has 1 aromatic rings. The first-order valence-corrected chi connectivity index (χ1v) is 9.41. The lowest BCUT2D eigenvalue weighted by Gasteiger charge is -2.29. The number of hydrogen-bond donors (Lipinski definition) is 1. The summed E-state index contributed by atoms with van der Waals surface area (Å²) in [6.07, 6.45) is 7.17. The minimum absolute atomic E-state index is 0.0411. The fraction of sp³-hybridized carbons (Fsp3) is 0.632. The van der Waals surface area contributed by atoms with E-state index < -0.39 is 17.4 Å². The number of rotatable bonds is 6. The number of nitrogens with one attached hydrogen (secondary N) is 1. The van der Waals surface area contributed by atoms with Crippen molar-refractivity contribution in [3.63, 3.8) is 0 Å². The summed E-state index contributed by atoms with van der Waals surface area (Å²) in [4.78, 5) is 30.0. The zero-order chi connectivity index (χ0) is 18.5. The van der Waals surface area contributed by atoms with E-state index in [1.807, 2.05) is 23.1 Å². The van der Waals surface area contributed by atoms with Gasteiger partial charge in [-0.3, -0.25) is 14.7 Å². The third kappa shape index (κ3) is 2.40. The third-order valence-electron chi connectivity index (χ3n) is 6.14. The SMILES string of the molecule is CCC(CC)N1C[C@@]23C=C[C@@H](O2)C(C(=O)N(C)Cc2ccn[nH]2)C3C1=O. The molecule has 3 aliphatic rings. The van der Waals surface area contributed by atoms with Crippen LogP contribution in [0.3, 0.4) is 0 Å². The molecule has 2 saturated heterocycles. The number of amides is 2. The Bertz CT molecular complexity index is 727. The second kappa shape index (κ2) is 6.23. The van der Waals surface area contributed by atoms with Crippen molar-refractivity contribution in [3.8, 4) is 0 Å². The van der Waals surface area contributed by atoms with Gasteiger partial charge in [0.05, 0.1) is 36.7 Å². The van der Waals surface area contributed by atoms with E-state index in [1.165, 1.54) is 0 Å². The largest absolute Gasteiger partial charge is 0.360 e. The van der Waals surface area contributed by atoms with Crippen LogP contribution in [0.1, 0.15) is 32.4 Å². The Morgan fingerprint density at radius 3 is 2.92 bits per heavy atom. The molecule has 1 spiro atoms. The number of hydrogen-bond acceptors (Lipinski definition) is 4. The molecule has 0 aliphatic carbocycles. The summed E-state index contributed by atoms with van der Waals surface area (Å²) in [5.74, 6) is -0.825. The Kier molecular flexibility index (Phi) is 4.14. The molecule has 0 aromatic carbocycles. The van der Waals surface area contributed by atoms with Crippen LogP contribution >= 0.6 is 0 Å². The Morgan fingerprint density at radius 1 is 1.50 bits per heavy atom. The van der Waals surface area contributed by atoms with Gasteiger partial charge in [-0.05, 0) is 18.9 Å². The summed E-state index contributed by atoms with van der Waals surface area (Å²) < 4.78 is 6.20. The Hall–Kier alpha value is -2.15. The Labute approximate surface area is 153 Å². The van der Waals surface area contributed by atoms with Crippen molar-refractivity contribution in [2.45, 2.75) is 51.0 Å². The Morgan fingerprint density at radius 2 is 2.27 bits per heavy atom. The van der Waals surface area contributed by atoms with Crippen molar-refractivity contribution in [3.05, 3.63) is 30.1 Å². The minimum atomic E-state index is -0.626. The first-order chi connectivity index (χ1) is 12.5. The van der Waals surface area contributed by atoms with Crippen LogP contribution in [-0.2, 0) is 20.9 Å². The van der Waals surface area contributed by atoms with Gasteiger partial charge in [0, 0.05) is 19.3 Å². The molecule has 7 heteroatoms. The van der Waals surface area contributed by atoms with Gasteiger partial charge in [0.2, 0.25) is 11.8 Å². The number of H-pyrrole nitrogens is 1. The molecular formula is C19H26N4O3. The zero-order valence-electron chi connectivity index (χ0n) is 15.5. The van der Waals surface area contributed by atoms with Crippen molar-refractivity contribution in [1.82, 2.24) is 20.0 Å². The molecule has 26 heavy (non-hydrogen) atoms. The first-order valence-electron chi connectivity index (χ1n) is 9.41. The highest BCUT2D eigenvalue weighted by atomic mass is 16.5. The van der Waals surface area contributed by atoms with Crippen LogP contribution in [-0.4, -0.2) is 63.2 Å². The van der Waals surface area contributed by atoms with Crippen LogP contribution in [0, 0.1) is 11.8 Å². The third-order valence-corrected chi connectivity index (χ3v) is 6.14. The van der Waals surface area contributed by atoms with Crippen molar-refractivity contribution >= 4 is 11.8 Å². The molecule has 4 atom stereocenters. The Balaban J connectivity index is 1.57. The van der Waals surface area contributed by atoms with E-state index in [4.69, 9.17) is 4.74 Å². The number of carbonyl (C=O) groups is 2. The summed E-state index contributed by atoms with van der Waals surface area (Å²) in [7, 11) is 1.77. The molecule has 140 valence electrons. The number of carbonyl (C=O) groups excluding carboxylic acids is 2. The maximum Gasteiger partial charge on any atom is 0.230 e. The van der Waals surface area contributed by atoms with Gasteiger partial charge in [-0.25, -0.2) is 0 Å². The number of aromatic amines is 1.